The van der Waals surface area contributed by atoms with Gasteiger partial charge < -0.3 is 15.6 Å². The molecule has 29 heavy (non-hydrogen) atoms. The molecule has 2 saturated heterocycles. The zero-order chi connectivity index (χ0) is 20.0. The molecule has 2 unspecified atom stereocenters. The number of anilines is 1. The van der Waals surface area contributed by atoms with Gasteiger partial charge in [-0.25, -0.2) is 4.98 Å². The van der Waals surface area contributed by atoms with E-state index in [2.05, 4.69) is 44.5 Å². The average molecular weight is 387 g/mol. The first-order valence-corrected chi connectivity index (χ1v) is 10.1. The van der Waals surface area contributed by atoms with Crippen molar-refractivity contribution in [3.63, 3.8) is 0 Å². The van der Waals surface area contributed by atoms with E-state index in [9.17, 15) is 0 Å². The zero-order valence-corrected chi connectivity index (χ0v) is 16.7. The van der Waals surface area contributed by atoms with E-state index in [4.69, 9.17) is 10.4 Å². The molecular weight excluding hydrogens is 362 g/mol. The molecule has 2 aliphatic rings. The fourth-order valence-corrected chi connectivity index (χ4v) is 4.64. The first-order chi connectivity index (χ1) is 14.1. The minimum Gasteiger partial charge on any atom is -0.356 e. The summed E-state index contributed by atoms with van der Waals surface area (Å²) in [6, 6.07) is 8.14. The average Bonchev–Trinajstić information content (AvgIpc) is 3.40. The van der Waals surface area contributed by atoms with E-state index < -0.39 is 0 Å². The van der Waals surface area contributed by atoms with Crippen LogP contribution >= 0.6 is 0 Å². The minimum atomic E-state index is 0.326. The van der Waals surface area contributed by atoms with E-state index in [1.54, 1.807) is 6.20 Å². The topological polar surface area (TPSA) is 93.6 Å². The fourth-order valence-electron chi connectivity index (χ4n) is 4.64. The van der Waals surface area contributed by atoms with Crippen LogP contribution in [0.5, 0.6) is 0 Å². The van der Waals surface area contributed by atoms with Gasteiger partial charge >= 0.3 is 0 Å². The number of aromatic nitrogens is 4. The largest absolute Gasteiger partial charge is 0.356 e. The van der Waals surface area contributed by atoms with Crippen LogP contribution in [0, 0.1) is 16.7 Å². The molecule has 5 heterocycles. The molecule has 5 rings (SSSR count). The molecule has 2 fully saturated rings. The van der Waals surface area contributed by atoms with E-state index in [0.717, 1.165) is 65.6 Å². The maximum absolute atomic E-state index is 7.60. The lowest BCUT2D eigenvalue weighted by molar-refractivity contribution is 0.338. The molecule has 0 saturated carbocycles. The number of nitrogens with one attached hydrogen (secondary N) is 3. The highest BCUT2D eigenvalue weighted by Crippen LogP contribution is 2.40. The number of allylic oxidation sites excluding steroid dienone is 2. The monoisotopic (exact) mass is 387 g/mol. The van der Waals surface area contributed by atoms with E-state index in [1.807, 2.05) is 25.1 Å². The van der Waals surface area contributed by atoms with Crippen molar-refractivity contribution in [1.29, 1.82) is 5.41 Å². The molecule has 7 nitrogen and oxygen atoms in total. The number of rotatable bonds is 4. The molecule has 3 aromatic heterocycles. The summed E-state index contributed by atoms with van der Waals surface area (Å²) >= 11 is 0. The maximum Gasteiger partial charge on any atom is 0.129 e. The lowest BCUT2D eigenvalue weighted by Crippen LogP contribution is -2.30. The molecular formula is C22H25N7. The van der Waals surface area contributed by atoms with Gasteiger partial charge in [0.05, 0.1) is 23.1 Å². The van der Waals surface area contributed by atoms with Crippen LogP contribution in [-0.4, -0.2) is 52.6 Å². The highest BCUT2D eigenvalue weighted by atomic mass is 15.2. The quantitative estimate of drug-likeness (QED) is 0.598. The van der Waals surface area contributed by atoms with Crippen LogP contribution < -0.4 is 10.2 Å². The van der Waals surface area contributed by atoms with Crippen LogP contribution in [0.4, 0.5) is 5.82 Å². The van der Waals surface area contributed by atoms with Gasteiger partial charge in [-0.15, -0.1) is 0 Å². The third kappa shape index (κ3) is 2.93. The highest BCUT2D eigenvalue weighted by molar-refractivity contribution is 6.08. The number of hydrogen-bond acceptors (Lipinski definition) is 6. The van der Waals surface area contributed by atoms with Crippen LogP contribution in [0.3, 0.4) is 0 Å². The van der Waals surface area contributed by atoms with Gasteiger partial charge in [-0.1, -0.05) is 19.1 Å². The lowest BCUT2D eigenvalue weighted by Gasteiger charge is -2.23. The summed E-state index contributed by atoms with van der Waals surface area (Å²) in [6.07, 6.45) is 4.99. The van der Waals surface area contributed by atoms with Crippen molar-refractivity contribution in [1.82, 2.24) is 25.5 Å². The van der Waals surface area contributed by atoms with Crippen molar-refractivity contribution >= 4 is 28.5 Å². The Morgan fingerprint density at radius 3 is 3.07 bits per heavy atom. The summed E-state index contributed by atoms with van der Waals surface area (Å²) in [6.45, 7) is 8.52. The van der Waals surface area contributed by atoms with Gasteiger partial charge in [0, 0.05) is 48.8 Å². The first-order valence-electron chi connectivity index (χ1n) is 10.1. The summed E-state index contributed by atoms with van der Waals surface area (Å²) in [5, 5.41) is 19.7. The van der Waals surface area contributed by atoms with Crippen LogP contribution in [0.1, 0.15) is 19.5 Å². The Morgan fingerprint density at radius 1 is 1.38 bits per heavy atom. The molecule has 0 amide bonds. The van der Waals surface area contributed by atoms with Crippen molar-refractivity contribution in [2.45, 2.75) is 13.8 Å². The van der Waals surface area contributed by atoms with Crippen molar-refractivity contribution in [3.8, 4) is 11.4 Å². The molecule has 0 bridgehead atoms. The zero-order valence-electron chi connectivity index (χ0n) is 16.7. The molecule has 0 spiro atoms. The van der Waals surface area contributed by atoms with Gasteiger partial charge in [0.15, 0.2) is 0 Å². The lowest BCUT2D eigenvalue weighted by atomic mass is 9.83. The predicted octanol–water partition coefficient (Wildman–Crippen LogP) is 3.12. The van der Waals surface area contributed by atoms with E-state index in [0.29, 0.717) is 11.3 Å². The molecule has 2 atom stereocenters. The van der Waals surface area contributed by atoms with Crippen molar-refractivity contribution in [2.24, 2.45) is 11.3 Å². The van der Waals surface area contributed by atoms with Crippen LogP contribution in [-0.2, 0) is 0 Å². The highest BCUT2D eigenvalue weighted by Gasteiger charge is 2.46. The first kappa shape index (κ1) is 18.0. The van der Waals surface area contributed by atoms with Crippen molar-refractivity contribution in [2.75, 3.05) is 31.1 Å². The maximum atomic E-state index is 7.60. The second-order valence-electron chi connectivity index (χ2n) is 8.32. The third-order valence-corrected chi connectivity index (χ3v) is 6.41. The standard InChI is InChI=1S/C22H25N7/c1-3-14(8-23)18-7-16-19(10-25-18)27-28-21(16)17-5-4-6-20(26-17)29-11-15-9-24-12-22(15,2)13-29/h3-8,10,15,23-24H,9,11-13H2,1-2H3,(H,27,28). The minimum absolute atomic E-state index is 0.326. The molecule has 0 aliphatic carbocycles. The Morgan fingerprint density at radius 2 is 2.28 bits per heavy atom. The van der Waals surface area contributed by atoms with E-state index in [-0.39, 0.29) is 0 Å². The molecule has 3 N–H and O–H groups in total. The Balaban J connectivity index is 1.52. The third-order valence-electron chi connectivity index (χ3n) is 6.41. The van der Waals surface area contributed by atoms with Crippen LogP contribution in [0.15, 0.2) is 36.5 Å². The summed E-state index contributed by atoms with van der Waals surface area (Å²) in [7, 11) is 0. The number of fused-ring (bicyclic) bond motifs is 2. The van der Waals surface area contributed by atoms with E-state index in [1.165, 1.54) is 6.21 Å². The van der Waals surface area contributed by atoms with Gasteiger partial charge in [-0.2, -0.15) is 5.10 Å². The second kappa shape index (κ2) is 6.77. The van der Waals surface area contributed by atoms with Gasteiger partial charge in [-0.3, -0.25) is 10.1 Å². The predicted molar refractivity (Wildman–Crippen MR) is 116 cm³/mol. The Labute approximate surface area is 169 Å². The number of nitrogens with zero attached hydrogens (tertiary/aromatic N) is 4. The number of aromatic amines is 1. The normalized spacial score (nSPS) is 24.3. The summed E-state index contributed by atoms with van der Waals surface area (Å²) in [4.78, 5) is 11.8. The Kier molecular flexibility index (Phi) is 4.20. The van der Waals surface area contributed by atoms with Gasteiger partial charge in [-0.05, 0) is 31.0 Å². The van der Waals surface area contributed by atoms with Gasteiger partial charge in [0.25, 0.3) is 0 Å². The summed E-state index contributed by atoms with van der Waals surface area (Å²) < 4.78 is 0. The van der Waals surface area contributed by atoms with E-state index >= 15 is 0 Å². The van der Waals surface area contributed by atoms with Crippen molar-refractivity contribution in [3.05, 3.63) is 42.2 Å². The molecule has 148 valence electrons. The Hall–Kier alpha value is -3.06. The summed E-state index contributed by atoms with van der Waals surface area (Å²) in [5.74, 6) is 1.69. The molecule has 0 aromatic carbocycles. The van der Waals surface area contributed by atoms with Gasteiger partial charge in [0.2, 0.25) is 0 Å². The van der Waals surface area contributed by atoms with Gasteiger partial charge in [0.1, 0.15) is 11.5 Å². The second-order valence-corrected chi connectivity index (χ2v) is 8.32. The SMILES string of the molecule is CC=C(C=N)c1cc2c(-c3cccc(N4CC5CNCC5(C)C4)n3)n[nH]c2cn1. The smallest absolute Gasteiger partial charge is 0.129 e. The number of H-pyrrole nitrogens is 1. The Bertz CT molecular complexity index is 1120. The van der Waals surface area contributed by atoms with Crippen molar-refractivity contribution < 1.29 is 0 Å². The molecule has 7 heteroatoms. The fraction of sp³-hybridized carbons (Fsp3) is 0.364. The molecule has 2 aliphatic heterocycles. The summed E-state index contributed by atoms with van der Waals surface area (Å²) in [5.41, 5.74) is 4.41. The number of hydrogen-bond donors (Lipinski definition) is 3. The van der Waals surface area contributed by atoms with Crippen LogP contribution in [0.25, 0.3) is 27.9 Å². The molecule has 3 aromatic rings. The number of pyridine rings is 2. The molecule has 0 radical (unpaired) electrons. The van der Waals surface area contributed by atoms with Crippen LogP contribution in [0.2, 0.25) is 0 Å².